The predicted octanol–water partition coefficient (Wildman–Crippen LogP) is 1.78. The summed E-state index contributed by atoms with van der Waals surface area (Å²) in [4.78, 5) is 23.2. The summed E-state index contributed by atoms with van der Waals surface area (Å²) in [6.45, 7) is 7.34. The summed E-state index contributed by atoms with van der Waals surface area (Å²) in [6, 6.07) is 0. The second kappa shape index (κ2) is 7.40. The molecule has 2 N–H and O–H groups in total. The molecule has 124 valence electrons. The Bertz CT molecular complexity index is 521. The highest BCUT2D eigenvalue weighted by Crippen LogP contribution is 2.26. The molecule has 1 aromatic rings. The van der Waals surface area contributed by atoms with Crippen molar-refractivity contribution in [1.29, 1.82) is 0 Å². The van der Waals surface area contributed by atoms with Gasteiger partial charge in [-0.2, -0.15) is 0 Å². The maximum absolute atomic E-state index is 12.2. The number of ether oxygens (including phenoxy) is 1. The standard InChI is InChI=1S/C15H24N2O5/c1-9(14-10(2)17-22-11(14)3)6-12(18)16-15(4,8-21-5)7-13(19)20/h9H,6-8H2,1-5H3,(H,16,18)(H,19,20). The molecule has 1 rings (SSSR count). The van der Waals surface area contributed by atoms with Crippen LogP contribution in [0.2, 0.25) is 0 Å². The maximum atomic E-state index is 12.2. The summed E-state index contributed by atoms with van der Waals surface area (Å²) in [5.41, 5.74) is 0.751. The van der Waals surface area contributed by atoms with Crippen molar-refractivity contribution >= 4 is 11.9 Å². The van der Waals surface area contributed by atoms with Crippen molar-refractivity contribution in [1.82, 2.24) is 10.5 Å². The Hall–Kier alpha value is -1.89. The van der Waals surface area contributed by atoms with E-state index in [1.54, 1.807) is 6.92 Å². The van der Waals surface area contributed by atoms with Gasteiger partial charge in [0.25, 0.3) is 0 Å². The van der Waals surface area contributed by atoms with Gasteiger partial charge in [0, 0.05) is 19.1 Å². The van der Waals surface area contributed by atoms with Gasteiger partial charge in [0.05, 0.1) is 24.3 Å². The van der Waals surface area contributed by atoms with Crippen LogP contribution in [-0.4, -0.2) is 41.4 Å². The topological polar surface area (TPSA) is 102 Å². The van der Waals surface area contributed by atoms with Crippen molar-refractivity contribution in [3.63, 3.8) is 0 Å². The molecule has 2 unspecified atom stereocenters. The number of hydrogen-bond donors (Lipinski definition) is 2. The van der Waals surface area contributed by atoms with Crippen molar-refractivity contribution in [3.8, 4) is 0 Å². The molecule has 1 heterocycles. The highest BCUT2D eigenvalue weighted by molar-refractivity contribution is 5.79. The molecule has 0 fully saturated rings. The minimum Gasteiger partial charge on any atom is -0.481 e. The monoisotopic (exact) mass is 312 g/mol. The zero-order chi connectivity index (χ0) is 16.9. The second-order valence-corrected chi connectivity index (χ2v) is 5.96. The summed E-state index contributed by atoms with van der Waals surface area (Å²) < 4.78 is 10.1. The number of aromatic nitrogens is 1. The average Bonchev–Trinajstić information content (AvgIpc) is 2.67. The van der Waals surface area contributed by atoms with Crippen LogP contribution in [0.1, 0.15) is 49.6 Å². The molecule has 0 bridgehead atoms. The third-order valence-corrected chi connectivity index (χ3v) is 3.52. The van der Waals surface area contributed by atoms with Crippen LogP contribution in [0, 0.1) is 13.8 Å². The molecule has 0 radical (unpaired) electrons. The van der Waals surface area contributed by atoms with E-state index in [9.17, 15) is 9.59 Å². The van der Waals surface area contributed by atoms with Crippen LogP contribution < -0.4 is 5.32 Å². The Morgan fingerprint density at radius 2 is 2.09 bits per heavy atom. The van der Waals surface area contributed by atoms with Gasteiger partial charge in [-0.05, 0) is 26.7 Å². The summed E-state index contributed by atoms with van der Waals surface area (Å²) in [5.74, 6) is -0.585. The molecule has 0 aromatic carbocycles. The third-order valence-electron chi connectivity index (χ3n) is 3.52. The van der Waals surface area contributed by atoms with Crippen molar-refractivity contribution in [2.24, 2.45) is 0 Å². The van der Waals surface area contributed by atoms with Crippen LogP contribution in [0.4, 0.5) is 0 Å². The van der Waals surface area contributed by atoms with E-state index < -0.39 is 11.5 Å². The van der Waals surface area contributed by atoms with Gasteiger partial charge in [-0.3, -0.25) is 9.59 Å². The average molecular weight is 312 g/mol. The Kier molecular flexibility index (Phi) is 6.11. The largest absolute Gasteiger partial charge is 0.481 e. The molecule has 0 aliphatic rings. The SMILES string of the molecule is COCC(C)(CC(=O)O)NC(=O)CC(C)c1c(C)noc1C. The van der Waals surface area contributed by atoms with Crippen LogP contribution in [0.15, 0.2) is 4.52 Å². The first kappa shape index (κ1) is 18.2. The molecule has 7 heteroatoms. The number of aryl methyl sites for hydroxylation is 2. The van der Waals surface area contributed by atoms with Crippen molar-refractivity contribution in [2.75, 3.05) is 13.7 Å². The quantitative estimate of drug-likeness (QED) is 0.758. The lowest BCUT2D eigenvalue weighted by atomic mass is 9.94. The third kappa shape index (κ3) is 4.84. The van der Waals surface area contributed by atoms with Crippen LogP contribution in [0.25, 0.3) is 0 Å². The van der Waals surface area contributed by atoms with E-state index in [4.69, 9.17) is 14.4 Å². The smallest absolute Gasteiger partial charge is 0.305 e. The van der Waals surface area contributed by atoms with Crippen LogP contribution in [0.5, 0.6) is 0 Å². The normalized spacial score (nSPS) is 15.1. The number of carbonyl (C=O) groups is 2. The maximum Gasteiger partial charge on any atom is 0.305 e. The van der Waals surface area contributed by atoms with E-state index in [1.807, 2.05) is 20.8 Å². The zero-order valence-corrected chi connectivity index (χ0v) is 13.7. The number of methoxy groups -OCH3 is 1. The van der Waals surface area contributed by atoms with Gasteiger partial charge in [0.2, 0.25) is 5.91 Å². The van der Waals surface area contributed by atoms with E-state index in [-0.39, 0.29) is 31.3 Å². The first-order chi connectivity index (χ1) is 10.2. The van der Waals surface area contributed by atoms with Gasteiger partial charge in [-0.15, -0.1) is 0 Å². The van der Waals surface area contributed by atoms with Gasteiger partial charge in [0.1, 0.15) is 5.76 Å². The zero-order valence-electron chi connectivity index (χ0n) is 13.7. The molecule has 0 saturated heterocycles. The molecule has 7 nitrogen and oxygen atoms in total. The molecule has 0 aliphatic carbocycles. The number of nitrogens with zero attached hydrogens (tertiary/aromatic N) is 1. The lowest BCUT2D eigenvalue weighted by Gasteiger charge is -2.29. The van der Waals surface area contributed by atoms with E-state index in [2.05, 4.69) is 10.5 Å². The number of aliphatic carboxylic acids is 1. The fourth-order valence-corrected chi connectivity index (χ4v) is 2.75. The number of amides is 1. The van der Waals surface area contributed by atoms with Crippen LogP contribution in [-0.2, 0) is 14.3 Å². The molecule has 0 spiro atoms. The van der Waals surface area contributed by atoms with Crippen molar-refractivity contribution in [3.05, 3.63) is 17.0 Å². The number of hydrogen-bond acceptors (Lipinski definition) is 5. The number of rotatable bonds is 8. The molecular weight excluding hydrogens is 288 g/mol. The lowest BCUT2D eigenvalue weighted by molar-refractivity contribution is -0.139. The van der Waals surface area contributed by atoms with Gasteiger partial charge in [0.15, 0.2) is 0 Å². The molecule has 0 saturated carbocycles. The molecule has 22 heavy (non-hydrogen) atoms. The highest BCUT2D eigenvalue weighted by Gasteiger charge is 2.30. The Balaban J connectivity index is 2.73. The second-order valence-electron chi connectivity index (χ2n) is 5.96. The Labute approximate surface area is 130 Å². The van der Waals surface area contributed by atoms with E-state index in [1.165, 1.54) is 7.11 Å². The Morgan fingerprint density at radius 3 is 2.55 bits per heavy atom. The molecular formula is C15H24N2O5. The minimum absolute atomic E-state index is 0.0668. The first-order valence-electron chi connectivity index (χ1n) is 7.13. The molecule has 1 aromatic heterocycles. The summed E-state index contributed by atoms with van der Waals surface area (Å²) in [7, 11) is 1.47. The summed E-state index contributed by atoms with van der Waals surface area (Å²) in [5, 5.41) is 15.6. The Morgan fingerprint density at radius 1 is 1.45 bits per heavy atom. The fraction of sp³-hybridized carbons (Fsp3) is 0.667. The van der Waals surface area contributed by atoms with Crippen LogP contribution >= 0.6 is 0 Å². The van der Waals surface area contributed by atoms with Gasteiger partial charge >= 0.3 is 5.97 Å². The van der Waals surface area contributed by atoms with E-state index >= 15 is 0 Å². The number of carboxylic acids is 1. The number of nitrogens with one attached hydrogen (secondary N) is 1. The molecule has 1 amide bonds. The predicted molar refractivity (Wildman–Crippen MR) is 79.7 cm³/mol. The van der Waals surface area contributed by atoms with E-state index in [0.717, 1.165) is 11.3 Å². The first-order valence-corrected chi connectivity index (χ1v) is 7.13. The highest BCUT2D eigenvalue weighted by atomic mass is 16.5. The molecule has 0 aliphatic heterocycles. The van der Waals surface area contributed by atoms with Crippen molar-refractivity contribution < 1.29 is 24.0 Å². The van der Waals surface area contributed by atoms with Gasteiger partial charge < -0.3 is 19.7 Å². The molecule has 2 atom stereocenters. The summed E-state index contributed by atoms with van der Waals surface area (Å²) >= 11 is 0. The van der Waals surface area contributed by atoms with Crippen LogP contribution in [0.3, 0.4) is 0 Å². The lowest BCUT2D eigenvalue weighted by Crippen LogP contribution is -2.51. The minimum atomic E-state index is -0.987. The fourth-order valence-electron chi connectivity index (χ4n) is 2.75. The van der Waals surface area contributed by atoms with Crippen molar-refractivity contribution in [2.45, 2.75) is 52.0 Å². The van der Waals surface area contributed by atoms with Gasteiger partial charge in [-0.1, -0.05) is 12.1 Å². The van der Waals surface area contributed by atoms with E-state index in [0.29, 0.717) is 5.76 Å². The van der Waals surface area contributed by atoms with Gasteiger partial charge in [-0.25, -0.2) is 0 Å². The summed E-state index contributed by atoms with van der Waals surface area (Å²) in [6.07, 6.45) is 0.0219. The number of carbonyl (C=O) groups excluding carboxylic acids is 1. The number of carboxylic acid groups (broad SMARTS) is 1.